The number of phenolic OH excluding ortho intramolecular Hbond substituents is 1. The molecule has 2 nitrogen and oxygen atoms in total. The molecule has 0 fully saturated rings. The zero-order chi connectivity index (χ0) is 9.30. The Morgan fingerprint density at radius 1 is 1.58 bits per heavy atom. The fourth-order valence-electron chi connectivity index (χ4n) is 0.688. The van der Waals surface area contributed by atoms with Crippen LogP contribution in [0.3, 0.4) is 0 Å². The summed E-state index contributed by atoms with van der Waals surface area (Å²) in [5.41, 5.74) is 0.0439. The van der Waals surface area contributed by atoms with Crippen LogP contribution < -0.4 is 0 Å². The largest absolute Gasteiger partial charge is 0.505 e. The lowest BCUT2D eigenvalue weighted by Crippen LogP contribution is -1.90. The molecule has 1 N–H and O–H groups in total. The van der Waals surface area contributed by atoms with Gasteiger partial charge in [0.05, 0.1) is 4.47 Å². The Balaban J connectivity index is 3.31. The maximum Gasteiger partial charge on any atom is 0.252 e. The minimum Gasteiger partial charge on any atom is -0.505 e. The molecule has 0 unspecified atom stereocenters. The third kappa shape index (κ3) is 1.76. The highest BCUT2D eigenvalue weighted by atomic mass is 79.9. The van der Waals surface area contributed by atoms with Crippen molar-refractivity contribution in [2.75, 3.05) is 0 Å². The van der Waals surface area contributed by atoms with E-state index >= 15 is 0 Å². The first kappa shape index (κ1) is 9.48. The fourth-order valence-corrected chi connectivity index (χ4v) is 1.25. The summed E-state index contributed by atoms with van der Waals surface area (Å²) in [6.07, 6.45) is 0. The quantitative estimate of drug-likeness (QED) is 0.781. The predicted molar refractivity (Wildman–Crippen MR) is 45.9 cm³/mol. The van der Waals surface area contributed by atoms with Crippen LogP contribution in [0.5, 0.6) is 5.75 Å². The van der Waals surface area contributed by atoms with Gasteiger partial charge in [0, 0.05) is 5.56 Å². The molecule has 1 aromatic rings. The molecule has 0 aliphatic carbocycles. The second kappa shape index (κ2) is 3.41. The summed E-state index contributed by atoms with van der Waals surface area (Å²) in [4.78, 5) is 10.6. The molecule has 12 heavy (non-hydrogen) atoms. The third-order valence-electron chi connectivity index (χ3n) is 1.24. The number of carbonyl (C=O) groups excluding carboxylic acids is 1. The van der Waals surface area contributed by atoms with Crippen LogP contribution in [0.2, 0.25) is 0 Å². The standard InChI is InChI=1S/C7H3BrClFO2/c8-4-1-3(7(9)12)2-5(11)6(4)10/h1-2,11H. The number of benzene rings is 1. The van der Waals surface area contributed by atoms with Gasteiger partial charge in [0.2, 0.25) is 0 Å². The zero-order valence-electron chi connectivity index (χ0n) is 5.64. The summed E-state index contributed by atoms with van der Waals surface area (Å²) in [5.74, 6) is -1.41. The molecule has 0 amide bonds. The molecular weight excluding hydrogens is 250 g/mol. The molecule has 0 aromatic heterocycles. The molecule has 1 rings (SSSR count). The first-order valence-corrected chi connectivity index (χ1v) is 4.07. The summed E-state index contributed by atoms with van der Waals surface area (Å²) in [5, 5.41) is 8.17. The molecule has 0 saturated carbocycles. The maximum atomic E-state index is 12.7. The van der Waals surface area contributed by atoms with Gasteiger partial charge < -0.3 is 5.11 Å². The number of aromatic hydroxyl groups is 1. The van der Waals surface area contributed by atoms with Crippen LogP contribution in [0.4, 0.5) is 4.39 Å². The Labute approximate surface area is 81.1 Å². The SMILES string of the molecule is O=C(Cl)c1cc(O)c(F)c(Br)c1. The molecule has 0 aliphatic heterocycles. The maximum absolute atomic E-state index is 12.7. The first-order valence-electron chi connectivity index (χ1n) is 2.90. The van der Waals surface area contributed by atoms with Gasteiger partial charge in [-0.3, -0.25) is 4.79 Å². The van der Waals surface area contributed by atoms with Gasteiger partial charge >= 0.3 is 0 Å². The van der Waals surface area contributed by atoms with Gasteiger partial charge in [-0.15, -0.1) is 0 Å². The number of carbonyl (C=O) groups is 1. The van der Waals surface area contributed by atoms with E-state index in [1.807, 2.05) is 0 Å². The highest BCUT2D eigenvalue weighted by Crippen LogP contribution is 2.26. The van der Waals surface area contributed by atoms with E-state index in [0.29, 0.717) is 0 Å². The lowest BCUT2D eigenvalue weighted by atomic mass is 10.2. The van der Waals surface area contributed by atoms with Crippen molar-refractivity contribution in [3.63, 3.8) is 0 Å². The van der Waals surface area contributed by atoms with Crippen LogP contribution in [0, 0.1) is 5.82 Å². The minimum absolute atomic E-state index is 0.00602. The lowest BCUT2D eigenvalue weighted by Gasteiger charge is -1.99. The van der Waals surface area contributed by atoms with Crippen LogP contribution >= 0.6 is 27.5 Å². The zero-order valence-corrected chi connectivity index (χ0v) is 7.99. The van der Waals surface area contributed by atoms with Crippen LogP contribution in [0.15, 0.2) is 16.6 Å². The lowest BCUT2D eigenvalue weighted by molar-refractivity contribution is 0.108. The van der Waals surface area contributed by atoms with Crippen molar-refractivity contribution in [3.05, 3.63) is 28.0 Å². The molecule has 0 bridgehead atoms. The highest BCUT2D eigenvalue weighted by Gasteiger charge is 2.10. The van der Waals surface area contributed by atoms with E-state index in [-0.39, 0.29) is 10.0 Å². The van der Waals surface area contributed by atoms with Crippen molar-refractivity contribution in [2.24, 2.45) is 0 Å². The average molecular weight is 253 g/mol. The van der Waals surface area contributed by atoms with E-state index in [0.717, 1.165) is 6.07 Å². The van der Waals surface area contributed by atoms with Gasteiger partial charge in [0.1, 0.15) is 0 Å². The summed E-state index contributed by atoms with van der Waals surface area (Å²) < 4.78 is 12.7. The average Bonchev–Trinajstić information content (AvgIpc) is 1.99. The van der Waals surface area contributed by atoms with Gasteiger partial charge in [-0.25, -0.2) is 4.39 Å². The van der Waals surface area contributed by atoms with Gasteiger partial charge in [0.15, 0.2) is 11.6 Å². The Bertz CT molecular complexity index is 317. The van der Waals surface area contributed by atoms with Gasteiger partial charge in [0.25, 0.3) is 5.24 Å². The van der Waals surface area contributed by atoms with E-state index in [1.54, 1.807) is 0 Å². The van der Waals surface area contributed by atoms with Crippen molar-refractivity contribution in [2.45, 2.75) is 0 Å². The van der Waals surface area contributed by atoms with E-state index in [2.05, 4.69) is 15.9 Å². The van der Waals surface area contributed by atoms with Crippen molar-refractivity contribution in [1.29, 1.82) is 0 Å². The van der Waals surface area contributed by atoms with Crippen molar-refractivity contribution < 1.29 is 14.3 Å². The van der Waals surface area contributed by atoms with Gasteiger partial charge in [-0.1, -0.05) is 0 Å². The number of halogens is 3. The Morgan fingerprint density at radius 2 is 2.17 bits per heavy atom. The molecule has 5 heteroatoms. The van der Waals surface area contributed by atoms with E-state index < -0.39 is 16.8 Å². The Hall–Kier alpha value is -0.610. The molecule has 0 spiro atoms. The first-order chi connectivity index (χ1) is 5.52. The van der Waals surface area contributed by atoms with Crippen LogP contribution in [-0.2, 0) is 0 Å². The number of hydrogen-bond donors (Lipinski definition) is 1. The molecule has 0 saturated heterocycles. The van der Waals surface area contributed by atoms with Crippen molar-refractivity contribution in [3.8, 4) is 5.75 Å². The van der Waals surface area contributed by atoms with Gasteiger partial charge in [-0.2, -0.15) is 0 Å². The summed E-state index contributed by atoms with van der Waals surface area (Å²) in [6, 6.07) is 2.17. The van der Waals surface area contributed by atoms with Crippen molar-refractivity contribution in [1.82, 2.24) is 0 Å². The molecule has 0 heterocycles. The summed E-state index contributed by atoms with van der Waals surface area (Å²) >= 11 is 7.93. The van der Waals surface area contributed by atoms with Gasteiger partial charge in [-0.05, 0) is 39.7 Å². The normalized spacial score (nSPS) is 9.92. The summed E-state index contributed by atoms with van der Waals surface area (Å²) in [7, 11) is 0. The molecule has 0 atom stereocenters. The topological polar surface area (TPSA) is 37.3 Å². The second-order valence-electron chi connectivity index (χ2n) is 2.06. The fraction of sp³-hybridized carbons (Fsp3) is 0. The van der Waals surface area contributed by atoms with Crippen LogP contribution in [0.1, 0.15) is 10.4 Å². The molecule has 1 aromatic carbocycles. The third-order valence-corrected chi connectivity index (χ3v) is 2.03. The number of hydrogen-bond acceptors (Lipinski definition) is 2. The van der Waals surface area contributed by atoms with E-state index in [4.69, 9.17) is 16.7 Å². The minimum atomic E-state index is -0.809. The summed E-state index contributed by atoms with van der Waals surface area (Å²) in [6.45, 7) is 0. The number of rotatable bonds is 1. The van der Waals surface area contributed by atoms with Crippen LogP contribution in [0.25, 0.3) is 0 Å². The molecule has 64 valence electrons. The Kier molecular flexibility index (Phi) is 2.69. The molecule has 0 aliphatic rings. The second-order valence-corrected chi connectivity index (χ2v) is 3.26. The monoisotopic (exact) mass is 252 g/mol. The van der Waals surface area contributed by atoms with E-state index in [9.17, 15) is 9.18 Å². The van der Waals surface area contributed by atoms with Crippen LogP contribution in [-0.4, -0.2) is 10.3 Å². The predicted octanol–water partition coefficient (Wildman–Crippen LogP) is 2.67. The highest BCUT2D eigenvalue weighted by molar-refractivity contribution is 9.10. The molecular formula is C7H3BrClFO2. The Morgan fingerprint density at radius 3 is 2.58 bits per heavy atom. The molecule has 0 radical (unpaired) electrons. The smallest absolute Gasteiger partial charge is 0.252 e. The van der Waals surface area contributed by atoms with E-state index in [1.165, 1.54) is 6.07 Å². The number of phenols is 1. The van der Waals surface area contributed by atoms with Crippen molar-refractivity contribution >= 4 is 32.8 Å².